The van der Waals surface area contributed by atoms with Crippen LogP contribution in [-0.4, -0.2) is 14.6 Å². The molecule has 78 valence electrons. The van der Waals surface area contributed by atoms with Gasteiger partial charge in [-0.15, -0.1) is 0 Å². The fraction of sp³-hybridized carbons (Fsp3) is 0.500. The van der Waals surface area contributed by atoms with Gasteiger partial charge in [0.1, 0.15) is 0 Å². The lowest BCUT2D eigenvalue weighted by Gasteiger charge is -2.29. The average molecular weight is 208 g/mol. The van der Waals surface area contributed by atoms with Crippen LogP contribution in [0.5, 0.6) is 0 Å². The van der Waals surface area contributed by atoms with Gasteiger partial charge in [-0.25, -0.2) is 0 Å². The molecule has 0 radical (unpaired) electrons. The maximum Gasteiger partial charge on any atom is 0.188 e. The van der Waals surface area contributed by atoms with Gasteiger partial charge < -0.3 is 4.80 Å². The number of rotatable bonds is 2. The first-order valence-electron chi connectivity index (χ1n) is 5.15. The zero-order valence-electron chi connectivity index (χ0n) is 9.54. The molecule has 0 spiro atoms. The van der Waals surface area contributed by atoms with Crippen LogP contribution in [0.25, 0.3) is 0 Å². The summed E-state index contributed by atoms with van der Waals surface area (Å²) in [5, 5.41) is 1.19. The van der Waals surface area contributed by atoms with Crippen molar-refractivity contribution in [3.8, 4) is 0 Å². The summed E-state index contributed by atoms with van der Waals surface area (Å²) >= 11 is 0. The molecule has 2 heteroatoms. The molecule has 1 unspecified atom stereocenters. The van der Waals surface area contributed by atoms with Crippen molar-refractivity contribution in [1.29, 1.82) is 0 Å². The van der Waals surface area contributed by atoms with E-state index in [0.717, 1.165) is 0 Å². The molecule has 1 rings (SSSR count). The summed E-state index contributed by atoms with van der Waals surface area (Å²) in [6, 6.07) is 8.28. The van der Waals surface area contributed by atoms with E-state index >= 15 is 0 Å². The fourth-order valence-electron chi connectivity index (χ4n) is 1.57. The van der Waals surface area contributed by atoms with Crippen LogP contribution in [0.2, 0.25) is 0 Å². The van der Waals surface area contributed by atoms with Crippen molar-refractivity contribution in [2.75, 3.05) is 0 Å². The van der Waals surface area contributed by atoms with Gasteiger partial charge in [0.15, 0.2) is 9.76 Å². The Morgan fingerprint density at radius 3 is 2.29 bits per heavy atom. The van der Waals surface area contributed by atoms with Crippen LogP contribution in [-0.2, 0) is 0 Å². The topological polar surface area (TPSA) is 20.2 Å². The number of hydrogen-bond donors (Lipinski definition) is 1. The normalized spacial score (nSPS) is 14.9. The molecule has 0 bridgehead atoms. The van der Waals surface area contributed by atoms with Gasteiger partial charge in [-0.1, -0.05) is 52.0 Å². The first kappa shape index (κ1) is 11.5. The van der Waals surface area contributed by atoms with Crippen molar-refractivity contribution in [3.63, 3.8) is 0 Å². The van der Waals surface area contributed by atoms with E-state index in [2.05, 4.69) is 45.9 Å². The molecule has 1 N–H and O–H groups in total. The summed E-state index contributed by atoms with van der Waals surface area (Å²) in [5.41, 5.74) is 1.59. The highest BCUT2D eigenvalue weighted by Gasteiger charge is 2.23. The Morgan fingerprint density at radius 2 is 1.79 bits per heavy atom. The molecule has 0 saturated heterocycles. The molecule has 1 aromatic rings. The van der Waals surface area contributed by atoms with Crippen LogP contribution in [0.15, 0.2) is 24.3 Å². The van der Waals surface area contributed by atoms with Crippen molar-refractivity contribution < 1.29 is 4.80 Å². The minimum absolute atomic E-state index is 0.264. The third kappa shape index (κ3) is 2.46. The molecule has 0 heterocycles. The minimum atomic E-state index is -1.04. The van der Waals surface area contributed by atoms with E-state index in [4.69, 9.17) is 0 Å². The number of benzene rings is 1. The summed E-state index contributed by atoms with van der Waals surface area (Å²) in [6.45, 7) is 8.97. The van der Waals surface area contributed by atoms with Gasteiger partial charge in [-0.3, -0.25) is 0 Å². The average Bonchev–Trinajstić information content (AvgIpc) is 2.15. The summed E-state index contributed by atoms with van der Waals surface area (Å²) in [7, 11) is -1.04. The largest absolute Gasteiger partial charge is 0.433 e. The lowest BCUT2D eigenvalue weighted by Crippen LogP contribution is -2.26. The van der Waals surface area contributed by atoms with Crippen LogP contribution in [0.4, 0.5) is 0 Å². The SMILES string of the molecule is CC(c1ccccc1[SiH2]O)C(C)(C)C. The van der Waals surface area contributed by atoms with E-state index in [1.165, 1.54) is 10.8 Å². The van der Waals surface area contributed by atoms with Gasteiger partial charge in [0, 0.05) is 0 Å². The Morgan fingerprint density at radius 1 is 1.21 bits per heavy atom. The van der Waals surface area contributed by atoms with Crippen molar-refractivity contribution in [1.82, 2.24) is 0 Å². The van der Waals surface area contributed by atoms with Gasteiger partial charge in [0.2, 0.25) is 0 Å². The van der Waals surface area contributed by atoms with E-state index in [-0.39, 0.29) is 5.41 Å². The Balaban J connectivity index is 3.06. The van der Waals surface area contributed by atoms with Crippen LogP contribution < -0.4 is 5.19 Å². The highest BCUT2D eigenvalue weighted by Crippen LogP contribution is 2.33. The van der Waals surface area contributed by atoms with Gasteiger partial charge in [-0.2, -0.15) is 0 Å². The van der Waals surface area contributed by atoms with Crippen molar-refractivity contribution in [2.24, 2.45) is 5.41 Å². The van der Waals surface area contributed by atoms with Crippen LogP contribution in [0.3, 0.4) is 0 Å². The van der Waals surface area contributed by atoms with E-state index < -0.39 is 9.76 Å². The zero-order chi connectivity index (χ0) is 10.8. The predicted octanol–water partition coefficient (Wildman–Crippen LogP) is 1.54. The fourth-order valence-corrected chi connectivity index (χ4v) is 2.42. The quantitative estimate of drug-likeness (QED) is 0.731. The third-order valence-electron chi connectivity index (χ3n) is 2.99. The summed E-state index contributed by atoms with van der Waals surface area (Å²) in [4.78, 5) is 9.37. The van der Waals surface area contributed by atoms with Crippen LogP contribution >= 0.6 is 0 Å². The first-order valence-corrected chi connectivity index (χ1v) is 6.49. The third-order valence-corrected chi connectivity index (χ3v) is 3.98. The molecule has 1 atom stereocenters. The van der Waals surface area contributed by atoms with Crippen molar-refractivity contribution in [3.05, 3.63) is 29.8 Å². The molecule has 0 amide bonds. The van der Waals surface area contributed by atoms with Crippen LogP contribution in [0, 0.1) is 5.41 Å². The standard InChI is InChI=1S/C12H20OSi/c1-9(12(2,3)4)10-7-5-6-8-11(10)14-13/h5-9,13H,14H2,1-4H3. The Kier molecular flexibility index (Phi) is 3.51. The molecule has 0 aliphatic carbocycles. The van der Waals surface area contributed by atoms with Crippen molar-refractivity contribution >= 4 is 14.9 Å². The predicted molar refractivity (Wildman–Crippen MR) is 64.7 cm³/mol. The lowest BCUT2D eigenvalue weighted by molar-refractivity contribution is 0.340. The van der Waals surface area contributed by atoms with E-state index in [0.29, 0.717) is 5.92 Å². The van der Waals surface area contributed by atoms with Gasteiger partial charge >= 0.3 is 0 Å². The van der Waals surface area contributed by atoms with E-state index in [1.54, 1.807) is 0 Å². The molecule has 0 fully saturated rings. The second-order valence-corrected chi connectivity index (χ2v) is 6.02. The second kappa shape index (κ2) is 4.28. The molecule has 14 heavy (non-hydrogen) atoms. The molecule has 1 aromatic carbocycles. The molecule has 0 aliphatic heterocycles. The minimum Gasteiger partial charge on any atom is -0.433 e. The zero-order valence-corrected chi connectivity index (χ0v) is 11.0. The monoisotopic (exact) mass is 208 g/mol. The van der Waals surface area contributed by atoms with E-state index in [1.807, 2.05) is 6.07 Å². The Bertz CT molecular complexity index is 301. The maximum absolute atomic E-state index is 9.37. The van der Waals surface area contributed by atoms with E-state index in [9.17, 15) is 4.80 Å². The van der Waals surface area contributed by atoms with Gasteiger partial charge in [0.25, 0.3) is 0 Å². The summed E-state index contributed by atoms with van der Waals surface area (Å²) < 4.78 is 0. The summed E-state index contributed by atoms with van der Waals surface area (Å²) in [6.07, 6.45) is 0. The highest BCUT2D eigenvalue weighted by molar-refractivity contribution is 6.46. The lowest BCUT2D eigenvalue weighted by atomic mass is 9.78. The van der Waals surface area contributed by atoms with Gasteiger partial charge in [-0.05, 0) is 22.1 Å². The molecule has 1 nitrogen and oxygen atoms in total. The highest BCUT2D eigenvalue weighted by atomic mass is 28.2. The van der Waals surface area contributed by atoms with Crippen LogP contribution in [0.1, 0.15) is 39.2 Å². The molecule has 0 aliphatic rings. The Labute approximate surface area is 89.1 Å². The molecular formula is C12H20OSi. The summed E-state index contributed by atoms with van der Waals surface area (Å²) in [5.74, 6) is 0.498. The second-order valence-electron chi connectivity index (χ2n) is 4.94. The van der Waals surface area contributed by atoms with Crippen molar-refractivity contribution in [2.45, 2.75) is 33.6 Å². The first-order chi connectivity index (χ1) is 6.46. The molecular weight excluding hydrogens is 188 g/mol. The smallest absolute Gasteiger partial charge is 0.188 e. The Hall–Kier alpha value is -0.603. The van der Waals surface area contributed by atoms with Gasteiger partial charge in [0.05, 0.1) is 0 Å². The molecule has 0 aromatic heterocycles. The molecule has 0 saturated carbocycles. The maximum atomic E-state index is 9.37. The number of hydrogen-bond acceptors (Lipinski definition) is 1.